The Morgan fingerprint density at radius 1 is 1.68 bits per heavy atom. The van der Waals surface area contributed by atoms with E-state index >= 15 is 0 Å². The minimum Gasteiger partial charge on any atom is -0.391 e. The first-order valence-corrected chi connectivity index (χ1v) is 6.92. The number of carbonyl (C=O) groups excluding carboxylic acids is 1. The molecule has 0 bridgehead atoms. The third kappa shape index (κ3) is 3.88. The molecule has 1 amide bonds. The maximum atomic E-state index is 11.8. The molecule has 1 heterocycles. The largest absolute Gasteiger partial charge is 0.391 e. The molecule has 0 saturated heterocycles. The van der Waals surface area contributed by atoms with E-state index in [9.17, 15) is 13.2 Å². The van der Waals surface area contributed by atoms with Crippen molar-refractivity contribution in [1.29, 1.82) is 0 Å². The van der Waals surface area contributed by atoms with Crippen molar-refractivity contribution >= 4 is 27.5 Å². The first-order chi connectivity index (χ1) is 8.64. The average molecular weight is 313 g/mol. The lowest BCUT2D eigenvalue weighted by Crippen LogP contribution is -2.29. The second-order valence-corrected chi connectivity index (χ2v) is 5.57. The number of nitrogens with zero attached hydrogens (tertiary/aromatic N) is 2. The smallest absolute Gasteiger partial charge is 0.281 e. The number of hydrogen-bond acceptors (Lipinski definition) is 6. The van der Waals surface area contributed by atoms with Gasteiger partial charge in [-0.25, -0.2) is 19.0 Å². The van der Waals surface area contributed by atoms with Crippen LogP contribution < -0.4 is 10.6 Å². The third-order valence-corrected chi connectivity index (χ3v) is 3.21. The normalized spacial score (nSPS) is 13.3. The summed E-state index contributed by atoms with van der Waals surface area (Å²) in [7, 11) is -2.90. The molecule has 1 aromatic heterocycles. The van der Waals surface area contributed by atoms with Crippen LogP contribution in [0.15, 0.2) is 5.03 Å². The zero-order valence-electron chi connectivity index (χ0n) is 10.1. The number of primary sulfonamides is 1. The van der Waals surface area contributed by atoms with Gasteiger partial charge in [0.1, 0.15) is 12.2 Å². The number of carbonyl (C=O) groups is 1. The number of aliphatic hydroxyl groups is 1. The van der Waals surface area contributed by atoms with E-state index in [1.807, 2.05) is 5.48 Å². The predicted octanol–water partition coefficient (Wildman–Crippen LogP) is -1.24. The quantitative estimate of drug-likeness (QED) is 0.582. The Bertz CT molecular complexity index is 582. The molecule has 0 aliphatic carbocycles. The van der Waals surface area contributed by atoms with Gasteiger partial charge in [0, 0.05) is 7.05 Å². The van der Waals surface area contributed by atoms with Gasteiger partial charge in [0.05, 0.1) is 6.10 Å². The zero-order chi connectivity index (χ0) is 14.8. The van der Waals surface area contributed by atoms with E-state index in [1.54, 1.807) is 0 Å². The Hall–Kier alpha value is -1.20. The van der Waals surface area contributed by atoms with E-state index < -0.39 is 32.6 Å². The van der Waals surface area contributed by atoms with Crippen LogP contribution in [0.2, 0.25) is 5.15 Å². The third-order valence-electron chi connectivity index (χ3n) is 1.94. The Morgan fingerprint density at radius 3 is 2.74 bits per heavy atom. The number of amides is 1. The summed E-state index contributed by atoms with van der Waals surface area (Å²) in [5.74, 6) is -0.928. The number of hydroxylamine groups is 1. The number of nitrogens with one attached hydrogen (secondary N) is 1. The van der Waals surface area contributed by atoms with Gasteiger partial charge in [0.2, 0.25) is 0 Å². The van der Waals surface area contributed by atoms with Crippen molar-refractivity contribution in [3.8, 4) is 0 Å². The van der Waals surface area contributed by atoms with Gasteiger partial charge in [0.15, 0.2) is 10.2 Å². The maximum absolute atomic E-state index is 11.8. The molecule has 108 valence electrons. The molecular weight excluding hydrogens is 300 g/mol. The fourth-order valence-electron chi connectivity index (χ4n) is 1.27. The summed E-state index contributed by atoms with van der Waals surface area (Å²) in [5, 5.41) is 16.7. The Balaban J connectivity index is 3.04. The van der Waals surface area contributed by atoms with Crippen LogP contribution >= 0.6 is 11.6 Å². The molecule has 0 aliphatic rings. The molecule has 0 spiro atoms. The molecule has 1 unspecified atom stereocenters. The number of halogens is 1. The summed E-state index contributed by atoms with van der Waals surface area (Å²) in [6.45, 7) is 1.27. The van der Waals surface area contributed by atoms with Gasteiger partial charge in [-0.2, -0.15) is 5.10 Å². The summed E-state index contributed by atoms with van der Waals surface area (Å²) in [4.78, 5) is 16.4. The zero-order valence-corrected chi connectivity index (χ0v) is 11.7. The highest BCUT2D eigenvalue weighted by Gasteiger charge is 2.28. The van der Waals surface area contributed by atoms with Crippen LogP contribution in [0.25, 0.3) is 0 Å². The summed E-state index contributed by atoms with van der Waals surface area (Å²) in [5.41, 5.74) is 1.52. The molecule has 1 rings (SSSR count). The van der Waals surface area contributed by atoms with Gasteiger partial charge < -0.3 is 5.11 Å². The van der Waals surface area contributed by atoms with Gasteiger partial charge in [-0.3, -0.25) is 14.3 Å². The fraction of sp³-hybridized carbons (Fsp3) is 0.500. The van der Waals surface area contributed by atoms with E-state index in [0.29, 0.717) is 0 Å². The topological polar surface area (TPSA) is 137 Å². The van der Waals surface area contributed by atoms with Crippen molar-refractivity contribution in [3.05, 3.63) is 10.7 Å². The van der Waals surface area contributed by atoms with Crippen molar-refractivity contribution in [2.24, 2.45) is 12.2 Å². The summed E-state index contributed by atoms with van der Waals surface area (Å²) in [6, 6.07) is 0. The van der Waals surface area contributed by atoms with Crippen molar-refractivity contribution in [2.75, 3.05) is 6.61 Å². The fourth-order valence-corrected chi connectivity index (χ4v) is 2.50. The number of aliphatic hydroxyl groups excluding tert-OH is 1. The lowest BCUT2D eigenvalue weighted by atomic mass is 10.3. The van der Waals surface area contributed by atoms with Crippen molar-refractivity contribution < 1.29 is 23.2 Å². The molecule has 11 heteroatoms. The van der Waals surface area contributed by atoms with Crippen LogP contribution in [0.4, 0.5) is 0 Å². The van der Waals surface area contributed by atoms with Gasteiger partial charge in [-0.05, 0) is 6.92 Å². The first-order valence-electron chi connectivity index (χ1n) is 5.00. The van der Waals surface area contributed by atoms with E-state index in [0.717, 1.165) is 4.68 Å². The molecule has 1 aromatic rings. The van der Waals surface area contributed by atoms with Gasteiger partial charge in [-0.1, -0.05) is 11.6 Å². The lowest BCUT2D eigenvalue weighted by Gasteiger charge is -2.07. The van der Waals surface area contributed by atoms with E-state index in [-0.39, 0.29) is 11.8 Å². The molecule has 9 nitrogen and oxygen atoms in total. The number of hydrogen-bond donors (Lipinski definition) is 3. The maximum Gasteiger partial charge on any atom is 0.281 e. The Morgan fingerprint density at radius 2 is 2.26 bits per heavy atom. The minimum absolute atomic E-state index is 0.172. The average Bonchev–Trinajstić information content (AvgIpc) is 2.52. The SMILES string of the molecule is CC(O)CONC(=O)c1c(Cl)nn(C)c1S(N)(=O)=O. The summed E-state index contributed by atoms with van der Waals surface area (Å²) in [6.07, 6.45) is -0.803. The second kappa shape index (κ2) is 5.84. The van der Waals surface area contributed by atoms with Gasteiger partial charge in [-0.15, -0.1) is 0 Å². The molecular formula is C8H13ClN4O5S. The second-order valence-electron chi connectivity index (χ2n) is 3.73. The van der Waals surface area contributed by atoms with Crippen LogP contribution in [-0.2, 0) is 21.9 Å². The van der Waals surface area contributed by atoms with Crippen LogP contribution in [0, 0.1) is 0 Å². The van der Waals surface area contributed by atoms with Crippen molar-refractivity contribution in [3.63, 3.8) is 0 Å². The Labute approximate surface area is 114 Å². The number of sulfonamides is 1. The lowest BCUT2D eigenvalue weighted by molar-refractivity contribution is -0.00704. The minimum atomic E-state index is -4.18. The molecule has 4 N–H and O–H groups in total. The van der Waals surface area contributed by atoms with Gasteiger partial charge >= 0.3 is 0 Å². The number of aryl methyl sites for hydroxylation is 1. The van der Waals surface area contributed by atoms with Crippen molar-refractivity contribution in [2.45, 2.75) is 18.1 Å². The summed E-state index contributed by atoms with van der Waals surface area (Å²) >= 11 is 5.67. The standard InChI is InChI=1S/C8H13ClN4O5S/c1-4(14)3-18-12-7(15)5-6(9)11-13(2)8(5)19(10,16)17/h4,14H,3H2,1-2H3,(H,12,15)(H2,10,16,17). The van der Waals surface area contributed by atoms with Crippen LogP contribution in [0.5, 0.6) is 0 Å². The highest BCUT2D eigenvalue weighted by atomic mass is 35.5. The van der Waals surface area contributed by atoms with Crippen LogP contribution in [-0.4, -0.2) is 41.9 Å². The highest BCUT2D eigenvalue weighted by Crippen LogP contribution is 2.21. The molecule has 0 aliphatic heterocycles. The molecule has 19 heavy (non-hydrogen) atoms. The monoisotopic (exact) mass is 312 g/mol. The first kappa shape index (κ1) is 15.9. The summed E-state index contributed by atoms with van der Waals surface area (Å²) < 4.78 is 23.6. The molecule has 0 aromatic carbocycles. The van der Waals surface area contributed by atoms with E-state index in [2.05, 4.69) is 9.94 Å². The van der Waals surface area contributed by atoms with Crippen LogP contribution in [0.1, 0.15) is 17.3 Å². The molecule has 0 radical (unpaired) electrons. The molecule has 0 saturated carbocycles. The predicted molar refractivity (Wildman–Crippen MR) is 64.7 cm³/mol. The number of aromatic nitrogens is 2. The number of rotatable bonds is 5. The van der Waals surface area contributed by atoms with E-state index in [1.165, 1.54) is 14.0 Å². The Kier molecular flexibility index (Phi) is 4.87. The molecule has 1 atom stereocenters. The van der Waals surface area contributed by atoms with E-state index in [4.69, 9.17) is 21.8 Å². The number of nitrogens with two attached hydrogens (primary N) is 1. The van der Waals surface area contributed by atoms with Gasteiger partial charge in [0.25, 0.3) is 15.9 Å². The van der Waals surface area contributed by atoms with Crippen molar-refractivity contribution in [1.82, 2.24) is 15.3 Å². The molecule has 0 fully saturated rings. The van der Waals surface area contributed by atoms with Crippen LogP contribution in [0.3, 0.4) is 0 Å². The highest BCUT2D eigenvalue weighted by molar-refractivity contribution is 7.89.